The summed E-state index contributed by atoms with van der Waals surface area (Å²) in [6, 6.07) is 4.19. The summed E-state index contributed by atoms with van der Waals surface area (Å²) in [6.07, 6.45) is 0. The van der Waals surface area contributed by atoms with Crippen LogP contribution in [0.5, 0.6) is 0 Å². The third-order valence-electron chi connectivity index (χ3n) is 2.79. The largest absolute Gasteiger partial charge is 0.383 e. The SMILES string of the molecule is COCc1nc(-c2ccc(C(C)(C)C)s2)nc(N)c1I. The van der Waals surface area contributed by atoms with Gasteiger partial charge in [0, 0.05) is 12.0 Å². The summed E-state index contributed by atoms with van der Waals surface area (Å²) in [4.78, 5) is 11.3. The number of nitrogens with two attached hydrogens (primary N) is 1. The molecule has 0 bridgehead atoms. The lowest BCUT2D eigenvalue weighted by Gasteiger charge is -2.15. The summed E-state index contributed by atoms with van der Waals surface area (Å²) in [5, 5.41) is 0. The summed E-state index contributed by atoms with van der Waals surface area (Å²) in [6.45, 7) is 7.03. The summed E-state index contributed by atoms with van der Waals surface area (Å²) in [5.41, 5.74) is 6.94. The minimum Gasteiger partial charge on any atom is -0.383 e. The van der Waals surface area contributed by atoms with Crippen molar-refractivity contribution in [2.75, 3.05) is 12.8 Å². The highest BCUT2D eigenvalue weighted by atomic mass is 127. The van der Waals surface area contributed by atoms with E-state index in [2.05, 4.69) is 65.5 Å². The van der Waals surface area contributed by atoms with Crippen molar-refractivity contribution in [3.05, 3.63) is 26.3 Å². The number of nitrogen functional groups attached to an aromatic ring is 1. The van der Waals surface area contributed by atoms with E-state index in [1.165, 1.54) is 4.88 Å². The van der Waals surface area contributed by atoms with Crippen LogP contribution in [0.4, 0.5) is 5.82 Å². The maximum atomic E-state index is 5.97. The normalized spacial score (nSPS) is 11.8. The second-order valence-electron chi connectivity index (χ2n) is 5.54. The number of nitrogens with zero attached hydrogens (tertiary/aromatic N) is 2. The molecule has 0 fully saturated rings. The van der Waals surface area contributed by atoms with E-state index < -0.39 is 0 Å². The number of methoxy groups -OCH3 is 1. The van der Waals surface area contributed by atoms with Crippen LogP contribution in [-0.2, 0) is 16.8 Å². The number of hydrogen-bond acceptors (Lipinski definition) is 5. The number of aromatic nitrogens is 2. The second kappa shape index (κ2) is 5.95. The number of rotatable bonds is 3. The lowest BCUT2D eigenvalue weighted by molar-refractivity contribution is 0.181. The third kappa shape index (κ3) is 3.29. The highest BCUT2D eigenvalue weighted by Crippen LogP contribution is 2.34. The zero-order valence-corrected chi connectivity index (χ0v) is 15.0. The van der Waals surface area contributed by atoms with Gasteiger partial charge < -0.3 is 10.5 Å². The van der Waals surface area contributed by atoms with E-state index in [1.807, 2.05) is 0 Å². The molecule has 6 heteroatoms. The first kappa shape index (κ1) is 15.7. The molecule has 0 aliphatic carbocycles. The van der Waals surface area contributed by atoms with Crippen LogP contribution in [0, 0.1) is 3.57 Å². The van der Waals surface area contributed by atoms with Crippen LogP contribution >= 0.6 is 33.9 Å². The molecule has 0 atom stereocenters. The number of ether oxygens (including phenoxy) is 1. The Kier molecular flexibility index (Phi) is 4.66. The number of anilines is 1. The Balaban J connectivity index is 2.45. The first-order valence-electron chi connectivity index (χ1n) is 6.24. The Bertz CT molecular complexity index is 619. The van der Waals surface area contributed by atoms with Crippen molar-refractivity contribution in [3.8, 4) is 10.7 Å². The van der Waals surface area contributed by atoms with E-state index in [9.17, 15) is 0 Å². The van der Waals surface area contributed by atoms with Gasteiger partial charge in [0.25, 0.3) is 0 Å². The van der Waals surface area contributed by atoms with Gasteiger partial charge in [-0.2, -0.15) is 0 Å². The highest BCUT2D eigenvalue weighted by molar-refractivity contribution is 14.1. The minimum atomic E-state index is 0.132. The molecular weight excluding hydrogens is 385 g/mol. The van der Waals surface area contributed by atoms with Gasteiger partial charge in [-0.3, -0.25) is 0 Å². The zero-order chi connectivity index (χ0) is 14.9. The van der Waals surface area contributed by atoms with Gasteiger partial charge in [-0.15, -0.1) is 11.3 Å². The first-order valence-corrected chi connectivity index (χ1v) is 8.14. The lowest BCUT2D eigenvalue weighted by Crippen LogP contribution is -2.07. The molecule has 0 aliphatic rings. The van der Waals surface area contributed by atoms with Gasteiger partial charge in [-0.25, -0.2) is 9.97 Å². The van der Waals surface area contributed by atoms with E-state index in [1.54, 1.807) is 18.4 Å². The first-order chi connectivity index (χ1) is 9.32. The van der Waals surface area contributed by atoms with Crippen molar-refractivity contribution in [2.45, 2.75) is 32.8 Å². The van der Waals surface area contributed by atoms with Crippen LogP contribution in [0.1, 0.15) is 31.3 Å². The van der Waals surface area contributed by atoms with Gasteiger partial charge >= 0.3 is 0 Å². The summed E-state index contributed by atoms with van der Waals surface area (Å²) < 4.78 is 6.03. The average Bonchev–Trinajstić information content (AvgIpc) is 2.84. The molecule has 0 spiro atoms. The van der Waals surface area contributed by atoms with E-state index >= 15 is 0 Å². The molecule has 0 aromatic carbocycles. The molecule has 108 valence electrons. The molecule has 20 heavy (non-hydrogen) atoms. The fourth-order valence-electron chi connectivity index (χ4n) is 1.72. The van der Waals surface area contributed by atoms with E-state index in [4.69, 9.17) is 10.5 Å². The Morgan fingerprint density at radius 1 is 1.30 bits per heavy atom. The molecule has 4 nitrogen and oxygen atoms in total. The van der Waals surface area contributed by atoms with Crippen molar-refractivity contribution < 1.29 is 4.74 Å². The van der Waals surface area contributed by atoms with Gasteiger partial charge in [0.15, 0.2) is 5.82 Å². The molecule has 2 aromatic rings. The fraction of sp³-hybridized carbons (Fsp3) is 0.429. The third-order valence-corrected chi connectivity index (χ3v) is 5.47. The van der Waals surface area contributed by atoms with E-state index in [-0.39, 0.29) is 5.41 Å². The van der Waals surface area contributed by atoms with Crippen LogP contribution in [0.15, 0.2) is 12.1 Å². The summed E-state index contributed by atoms with van der Waals surface area (Å²) in [7, 11) is 1.65. The number of halogens is 1. The average molecular weight is 403 g/mol. The lowest BCUT2D eigenvalue weighted by atomic mass is 9.95. The molecule has 2 N–H and O–H groups in total. The van der Waals surface area contributed by atoms with Gasteiger partial charge in [0.05, 0.1) is 20.7 Å². The molecule has 0 saturated carbocycles. The molecule has 0 unspecified atom stereocenters. The Morgan fingerprint density at radius 3 is 2.55 bits per heavy atom. The molecular formula is C14H18IN3OS. The number of hydrogen-bond donors (Lipinski definition) is 1. The number of thiophene rings is 1. The van der Waals surface area contributed by atoms with Crippen molar-refractivity contribution in [3.63, 3.8) is 0 Å². The Labute approximate surface area is 136 Å². The Morgan fingerprint density at radius 2 is 2.00 bits per heavy atom. The zero-order valence-electron chi connectivity index (χ0n) is 12.0. The predicted molar refractivity (Wildman–Crippen MR) is 91.9 cm³/mol. The predicted octanol–water partition coefficient (Wildman–Crippen LogP) is 3.84. The summed E-state index contributed by atoms with van der Waals surface area (Å²) >= 11 is 3.87. The molecule has 0 amide bonds. The van der Waals surface area contributed by atoms with Crippen LogP contribution in [0.3, 0.4) is 0 Å². The van der Waals surface area contributed by atoms with Crippen molar-refractivity contribution in [1.29, 1.82) is 0 Å². The van der Waals surface area contributed by atoms with Crippen LogP contribution < -0.4 is 5.73 Å². The molecule has 2 aromatic heterocycles. The van der Waals surface area contributed by atoms with Crippen LogP contribution in [0.2, 0.25) is 0 Å². The maximum Gasteiger partial charge on any atom is 0.172 e. The van der Waals surface area contributed by atoms with E-state index in [0.717, 1.165) is 14.1 Å². The van der Waals surface area contributed by atoms with Gasteiger partial charge in [0.1, 0.15) is 5.82 Å². The molecule has 2 rings (SSSR count). The second-order valence-corrected chi connectivity index (χ2v) is 7.70. The van der Waals surface area contributed by atoms with Crippen LogP contribution in [0.25, 0.3) is 10.7 Å². The van der Waals surface area contributed by atoms with Crippen molar-refractivity contribution >= 4 is 39.7 Å². The quantitative estimate of drug-likeness (QED) is 0.792. The smallest absolute Gasteiger partial charge is 0.172 e. The maximum absolute atomic E-state index is 5.97. The van der Waals surface area contributed by atoms with Gasteiger partial charge in [-0.1, -0.05) is 20.8 Å². The van der Waals surface area contributed by atoms with E-state index in [0.29, 0.717) is 18.2 Å². The molecule has 0 aliphatic heterocycles. The molecule has 2 heterocycles. The molecule has 0 radical (unpaired) electrons. The van der Waals surface area contributed by atoms with Crippen molar-refractivity contribution in [1.82, 2.24) is 9.97 Å². The Hall–Kier alpha value is -0.730. The van der Waals surface area contributed by atoms with Gasteiger partial charge in [-0.05, 0) is 40.1 Å². The fourth-order valence-corrected chi connectivity index (χ4v) is 3.11. The highest BCUT2D eigenvalue weighted by Gasteiger charge is 2.18. The standard InChI is InChI=1S/C14H18IN3OS/c1-14(2,3)10-6-5-9(20-10)13-17-8(7-19-4)11(15)12(16)18-13/h5-6H,7H2,1-4H3,(H2,16,17,18). The minimum absolute atomic E-state index is 0.132. The topological polar surface area (TPSA) is 61.0 Å². The summed E-state index contributed by atoms with van der Waals surface area (Å²) in [5.74, 6) is 1.18. The van der Waals surface area contributed by atoms with Gasteiger partial charge in [0.2, 0.25) is 0 Å². The van der Waals surface area contributed by atoms with Crippen LogP contribution in [-0.4, -0.2) is 17.1 Å². The monoisotopic (exact) mass is 403 g/mol. The van der Waals surface area contributed by atoms with Crippen molar-refractivity contribution in [2.24, 2.45) is 0 Å². The molecule has 0 saturated heterocycles.